The Hall–Kier alpha value is -0.650. The first kappa shape index (κ1) is 14.8. The van der Waals surface area contributed by atoms with Crippen LogP contribution in [-0.4, -0.2) is 37.3 Å². The normalized spacial score (nSPS) is 20.4. The van der Waals surface area contributed by atoms with Gasteiger partial charge in [-0.15, -0.1) is 0 Å². The molecule has 0 aromatic carbocycles. The minimum absolute atomic E-state index is 0.264. The number of hydrogen-bond donors (Lipinski definition) is 1. The lowest BCUT2D eigenvalue weighted by Crippen LogP contribution is -2.32. The van der Waals surface area contributed by atoms with Crippen LogP contribution >= 0.6 is 15.9 Å². The second-order valence-electron chi connectivity index (χ2n) is 4.90. The monoisotopic (exact) mass is 327 g/mol. The van der Waals surface area contributed by atoms with Crippen LogP contribution in [0.3, 0.4) is 0 Å². The van der Waals surface area contributed by atoms with E-state index in [9.17, 15) is 0 Å². The first-order valence-electron chi connectivity index (χ1n) is 6.92. The summed E-state index contributed by atoms with van der Waals surface area (Å²) >= 11 is 3.51. The lowest BCUT2D eigenvalue weighted by atomic mass is 10.2. The van der Waals surface area contributed by atoms with Crippen LogP contribution in [0.25, 0.3) is 0 Å². The van der Waals surface area contributed by atoms with Gasteiger partial charge in [0.1, 0.15) is 5.82 Å². The summed E-state index contributed by atoms with van der Waals surface area (Å²) in [6.45, 7) is 8.83. The topological polar surface area (TPSA) is 37.4 Å². The van der Waals surface area contributed by atoms with Crippen molar-refractivity contribution in [2.45, 2.75) is 32.9 Å². The number of rotatable bonds is 4. The Morgan fingerprint density at radius 1 is 1.58 bits per heavy atom. The molecule has 2 heterocycles. The number of pyridine rings is 1. The maximum Gasteiger partial charge on any atom is 0.133 e. The van der Waals surface area contributed by atoms with Gasteiger partial charge < -0.3 is 15.0 Å². The van der Waals surface area contributed by atoms with Gasteiger partial charge in [0.2, 0.25) is 0 Å². The van der Waals surface area contributed by atoms with Gasteiger partial charge >= 0.3 is 0 Å². The van der Waals surface area contributed by atoms with E-state index in [4.69, 9.17) is 4.74 Å². The van der Waals surface area contributed by atoms with Crippen LogP contribution in [0.1, 0.15) is 25.8 Å². The van der Waals surface area contributed by atoms with Crippen molar-refractivity contribution < 1.29 is 4.74 Å². The molecule has 0 aliphatic carbocycles. The molecule has 19 heavy (non-hydrogen) atoms. The SMILES string of the molecule is CCNCc1cc(Br)cnc1N1CCCOC(C)C1. The van der Waals surface area contributed by atoms with E-state index in [0.29, 0.717) is 0 Å². The Morgan fingerprint density at radius 2 is 2.42 bits per heavy atom. The van der Waals surface area contributed by atoms with E-state index in [1.807, 2.05) is 6.20 Å². The Kier molecular flexibility index (Phi) is 5.60. The predicted octanol–water partition coefficient (Wildman–Crippen LogP) is 2.57. The largest absolute Gasteiger partial charge is 0.377 e. The van der Waals surface area contributed by atoms with Gasteiger partial charge in [-0.1, -0.05) is 6.92 Å². The molecule has 1 saturated heterocycles. The maximum atomic E-state index is 5.70. The minimum Gasteiger partial charge on any atom is -0.377 e. The van der Waals surface area contributed by atoms with Gasteiger partial charge in [-0.25, -0.2) is 4.98 Å². The molecule has 5 heteroatoms. The zero-order valence-electron chi connectivity index (χ0n) is 11.7. The van der Waals surface area contributed by atoms with Gasteiger partial charge in [0.15, 0.2) is 0 Å². The van der Waals surface area contributed by atoms with Crippen LogP contribution in [0.15, 0.2) is 16.7 Å². The highest BCUT2D eigenvalue weighted by Gasteiger charge is 2.19. The van der Waals surface area contributed by atoms with Crippen LogP contribution in [0, 0.1) is 0 Å². The Morgan fingerprint density at radius 3 is 3.21 bits per heavy atom. The third-order valence-electron chi connectivity index (χ3n) is 3.23. The molecule has 1 N–H and O–H groups in total. The van der Waals surface area contributed by atoms with Crippen molar-refractivity contribution in [3.05, 3.63) is 22.3 Å². The van der Waals surface area contributed by atoms with Crippen LogP contribution in [0.4, 0.5) is 5.82 Å². The molecule has 1 fully saturated rings. The Bertz CT molecular complexity index is 414. The highest BCUT2D eigenvalue weighted by Crippen LogP contribution is 2.23. The van der Waals surface area contributed by atoms with E-state index in [2.05, 4.69) is 51.0 Å². The summed E-state index contributed by atoms with van der Waals surface area (Å²) < 4.78 is 6.74. The van der Waals surface area contributed by atoms with Crippen molar-refractivity contribution in [1.29, 1.82) is 0 Å². The smallest absolute Gasteiger partial charge is 0.133 e. The molecule has 0 spiro atoms. The summed E-state index contributed by atoms with van der Waals surface area (Å²) in [6.07, 6.45) is 3.20. The average molecular weight is 328 g/mol. The standard InChI is InChI=1S/C14H22BrN3O/c1-3-16-8-12-7-13(15)9-17-14(12)18-5-4-6-19-11(2)10-18/h7,9,11,16H,3-6,8,10H2,1-2H3. The van der Waals surface area contributed by atoms with Crippen molar-refractivity contribution in [2.24, 2.45) is 0 Å². The van der Waals surface area contributed by atoms with Gasteiger partial charge in [0.25, 0.3) is 0 Å². The Labute approximate surface area is 123 Å². The third-order valence-corrected chi connectivity index (χ3v) is 3.66. The van der Waals surface area contributed by atoms with Crippen molar-refractivity contribution in [3.63, 3.8) is 0 Å². The van der Waals surface area contributed by atoms with Crippen LogP contribution in [0.5, 0.6) is 0 Å². The number of nitrogens with one attached hydrogen (secondary N) is 1. The molecule has 0 amide bonds. The van der Waals surface area contributed by atoms with E-state index >= 15 is 0 Å². The molecule has 2 rings (SSSR count). The van der Waals surface area contributed by atoms with Crippen molar-refractivity contribution in [1.82, 2.24) is 10.3 Å². The summed E-state index contributed by atoms with van der Waals surface area (Å²) in [5, 5.41) is 3.38. The first-order valence-corrected chi connectivity index (χ1v) is 7.71. The fraction of sp³-hybridized carbons (Fsp3) is 0.643. The molecule has 0 bridgehead atoms. The molecule has 0 radical (unpaired) electrons. The average Bonchev–Trinajstić information content (AvgIpc) is 2.61. The molecule has 4 nitrogen and oxygen atoms in total. The molecule has 1 aromatic rings. The maximum absolute atomic E-state index is 5.70. The molecular weight excluding hydrogens is 306 g/mol. The summed E-state index contributed by atoms with van der Waals surface area (Å²) in [4.78, 5) is 6.96. The summed E-state index contributed by atoms with van der Waals surface area (Å²) in [5.74, 6) is 1.08. The fourth-order valence-electron chi connectivity index (χ4n) is 2.34. The summed E-state index contributed by atoms with van der Waals surface area (Å²) in [7, 11) is 0. The second kappa shape index (κ2) is 7.22. The predicted molar refractivity (Wildman–Crippen MR) is 81.6 cm³/mol. The van der Waals surface area contributed by atoms with E-state index in [0.717, 1.165) is 49.5 Å². The molecule has 1 aromatic heterocycles. The molecule has 0 saturated carbocycles. The second-order valence-corrected chi connectivity index (χ2v) is 5.81. The van der Waals surface area contributed by atoms with E-state index in [1.165, 1.54) is 5.56 Å². The summed E-state index contributed by atoms with van der Waals surface area (Å²) in [6, 6.07) is 2.15. The molecule has 1 unspecified atom stereocenters. The van der Waals surface area contributed by atoms with Crippen molar-refractivity contribution in [3.8, 4) is 0 Å². The molecule has 1 aliphatic heterocycles. The van der Waals surface area contributed by atoms with Crippen molar-refractivity contribution >= 4 is 21.7 Å². The van der Waals surface area contributed by atoms with E-state index in [1.54, 1.807) is 0 Å². The molecule has 1 atom stereocenters. The number of aromatic nitrogens is 1. The van der Waals surface area contributed by atoms with Crippen LogP contribution in [-0.2, 0) is 11.3 Å². The lowest BCUT2D eigenvalue weighted by molar-refractivity contribution is 0.0820. The first-order chi connectivity index (χ1) is 9.20. The molecular formula is C14H22BrN3O. The van der Waals surface area contributed by atoms with E-state index in [-0.39, 0.29) is 6.10 Å². The number of anilines is 1. The summed E-state index contributed by atoms with van der Waals surface area (Å²) in [5.41, 5.74) is 1.24. The highest BCUT2D eigenvalue weighted by molar-refractivity contribution is 9.10. The number of hydrogen-bond acceptors (Lipinski definition) is 4. The quantitative estimate of drug-likeness (QED) is 0.922. The van der Waals surface area contributed by atoms with Gasteiger partial charge in [-0.05, 0) is 41.9 Å². The number of halogens is 1. The lowest BCUT2D eigenvalue weighted by Gasteiger charge is -2.25. The van der Waals surface area contributed by atoms with Crippen LogP contribution in [0.2, 0.25) is 0 Å². The number of ether oxygens (including phenoxy) is 1. The Balaban J connectivity index is 2.21. The minimum atomic E-state index is 0.264. The molecule has 1 aliphatic rings. The van der Waals surface area contributed by atoms with Crippen LogP contribution < -0.4 is 10.2 Å². The fourth-order valence-corrected chi connectivity index (χ4v) is 2.71. The van der Waals surface area contributed by atoms with Gasteiger partial charge in [-0.2, -0.15) is 0 Å². The van der Waals surface area contributed by atoms with Gasteiger partial charge in [-0.3, -0.25) is 0 Å². The highest BCUT2D eigenvalue weighted by atomic mass is 79.9. The third kappa shape index (κ3) is 4.16. The van der Waals surface area contributed by atoms with Gasteiger partial charge in [0.05, 0.1) is 6.10 Å². The number of nitrogens with zero attached hydrogens (tertiary/aromatic N) is 2. The van der Waals surface area contributed by atoms with Gasteiger partial charge in [0, 0.05) is 42.5 Å². The van der Waals surface area contributed by atoms with Crippen molar-refractivity contribution in [2.75, 3.05) is 31.1 Å². The zero-order chi connectivity index (χ0) is 13.7. The van der Waals surface area contributed by atoms with E-state index < -0.39 is 0 Å². The molecule has 106 valence electrons. The zero-order valence-corrected chi connectivity index (χ0v) is 13.2.